The van der Waals surface area contributed by atoms with Crippen molar-refractivity contribution in [3.8, 4) is 5.75 Å². The molecular weight excluding hydrogens is 354 g/mol. The van der Waals surface area contributed by atoms with Crippen LogP contribution in [0, 0.1) is 0 Å². The topological polar surface area (TPSA) is 55.4 Å². The van der Waals surface area contributed by atoms with Crippen LogP contribution in [0.3, 0.4) is 0 Å². The maximum Gasteiger partial charge on any atom is 0.181 e. The molecule has 0 saturated heterocycles. The first-order valence-corrected chi connectivity index (χ1v) is 8.87. The van der Waals surface area contributed by atoms with E-state index in [0.29, 0.717) is 10.6 Å². The van der Waals surface area contributed by atoms with Gasteiger partial charge < -0.3 is 10.1 Å². The van der Waals surface area contributed by atoms with Crippen molar-refractivity contribution < 1.29 is 13.2 Å². The molecule has 1 aliphatic heterocycles. The Morgan fingerprint density at radius 2 is 2.00 bits per heavy atom. The van der Waals surface area contributed by atoms with Crippen molar-refractivity contribution in [2.24, 2.45) is 0 Å². The van der Waals surface area contributed by atoms with Crippen LogP contribution in [0.25, 0.3) is 0 Å². The number of methoxy groups -OCH3 is 1. The van der Waals surface area contributed by atoms with Gasteiger partial charge in [0.1, 0.15) is 5.75 Å². The van der Waals surface area contributed by atoms with E-state index in [9.17, 15) is 8.42 Å². The van der Waals surface area contributed by atoms with Gasteiger partial charge >= 0.3 is 0 Å². The van der Waals surface area contributed by atoms with Crippen molar-refractivity contribution in [3.05, 3.63) is 52.5 Å². The molecule has 1 unspecified atom stereocenters. The van der Waals surface area contributed by atoms with E-state index in [1.165, 1.54) is 0 Å². The van der Waals surface area contributed by atoms with Crippen LogP contribution < -0.4 is 10.1 Å². The SMILES string of the molecule is COc1cc(NC2CS(=O)(=O)c3ccccc32)ccc1Br. The number of hydrogen-bond acceptors (Lipinski definition) is 4. The van der Waals surface area contributed by atoms with Gasteiger partial charge in [-0.25, -0.2) is 8.42 Å². The highest BCUT2D eigenvalue weighted by Gasteiger charge is 2.34. The number of ether oxygens (including phenoxy) is 1. The summed E-state index contributed by atoms with van der Waals surface area (Å²) in [6, 6.07) is 12.5. The minimum atomic E-state index is -3.20. The van der Waals surface area contributed by atoms with Gasteiger partial charge in [0.2, 0.25) is 0 Å². The van der Waals surface area contributed by atoms with Crippen LogP contribution in [0.2, 0.25) is 0 Å². The summed E-state index contributed by atoms with van der Waals surface area (Å²) in [4.78, 5) is 0.423. The standard InChI is InChI=1S/C15H14BrNO3S/c1-20-14-8-10(6-7-12(14)16)17-13-9-21(18,19)15-5-3-2-4-11(13)15/h2-8,13,17H,9H2,1H3. The van der Waals surface area contributed by atoms with Gasteiger partial charge in [-0.2, -0.15) is 0 Å². The lowest BCUT2D eigenvalue weighted by Crippen LogP contribution is -2.12. The molecule has 0 aliphatic carbocycles. The molecular formula is C15H14BrNO3S. The van der Waals surface area contributed by atoms with E-state index in [-0.39, 0.29) is 11.8 Å². The molecule has 2 aromatic carbocycles. The van der Waals surface area contributed by atoms with Gasteiger partial charge in [-0.3, -0.25) is 0 Å². The smallest absolute Gasteiger partial charge is 0.181 e. The highest BCUT2D eigenvalue weighted by molar-refractivity contribution is 9.10. The third-order valence-electron chi connectivity index (χ3n) is 3.51. The number of halogens is 1. The van der Waals surface area contributed by atoms with Crippen LogP contribution in [-0.4, -0.2) is 21.3 Å². The monoisotopic (exact) mass is 367 g/mol. The molecule has 2 aromatic rings. The Morgan fingerprint density at radius 1 is 1.24 bits per heavy atom. The van der Waals surface area contributed by atoms with Gasteiger partial charge in [-0.05, 0) is 39.7 Å². The Labute approximate surface area is 132 Å². The van der Waals surface area contributed by atoms with Gasteiger partial charge in [0.25, 0.3) is 0 Å². The van der Waals surface area contributed by atoms with Gasteiger partial charge in [0.15, 0.2) is 9.84 Å². The van der Waals surface area contributed by atoms with Crippen molar-refractivity contribution in [2.75, 3.05) is 18.2 Å². The Balaban J connectivity index is 1.94. The third kappa shape index (κ3) is 2.65. The molecule has 0 saturated carbocycles. The van der Waals surface area contributed by atoms with Gasteiger partial charge in [-0.1, -0.05) is 18.2 Å². The molecule has 0 fully saturated rings. The van der Waals surface area contributed by atoms with Crippen molar-refractivity contribution >= 4 is 31.5 Å². The second-order valence-electron chi connectivity index (χ2n) is 4.87. The Bertz CT molecular complexity index is 789. The summed E-state index contributed by atoms with van der Waals surface area (Å²) in [5, 5.41) is 3.27. The molecule has 21 heavy (non-hydrogen) atoms. The number of rotatable bonds is 3. The Morgan fingerprint density at radius 3 is 2.76 bits per heavy atom. The minimum absolute atomic E-state index is 0.0741. The molecule has 1 aliphatic rings. The maximum absolute atomic E-state index is 12.2. The maximum atomic E-state index is 12.2. The number of sulfone groups is 1. The lowest BCUT2D eigenvalue weighted by Gasteiger charge is -2.15. The quantitative estimate of drug-likeness (QED) is 0.902. The summed E-state index contributed by atoms with van der Waals surface area (Å²) in [7, 11) is -1.61. The zero-order valence-electron chi connectivity index (χ0n) is 11.3. The highest BCUT2D eigenvalue weighted by atomic mass is 79.9. The van der Waals surface area contributed by atoms with Crippen LogP contribution in [0.1, 0.15) is 11.6 Å². The van der Waals surface area contributed by atoms with E-state index in [4.69, 9.17) is 4.74 Å². The van der Waals surface area contributed by atoms with Crippen LogP contribution >= 0.6 is 15.9 Å². The highest BCUT2D eigenvalue weighted by Crippen LogP contribution is 2.36. The normalized spacial score (nSPS) is 19.0. The Hall–Kier alpha value is -1.53. The first-order chi connectivity index (χ1) is 10.0. The van der Waals surface area contributed by atoms with Crippen LogP contribution in [0.4, 0.5) is 5.69 Å². The average molecular weight is 368 g/mol. The van der Waals surface area contributed by atoms with Gasteiger partial charge in [-0.15, -0.1) is 0 Å². The second kappa shape index (κ2) is 5.35. The minimum Gasteiger partial charge on any atom is -0.495 e. The lowest BCUT2D eigenvalue weighted by molar-refractivity contribution is 0.412. The molecule has 110 valence electrons. The fourth-order valence-corrected chi connectivity index (χ4v) is 4.67. The lowest BCUT2D eigenvalue weighted by atomic mass is 10.1. The molecule has 0 radical (unpaired) electrons. The number of anilines is 1. The second-order valence-corrected chi connectivity index (χ2v) is 7.72. The molecule has 0 spiro atoms. The summed E-state index contributed by atoms with van der Waals surface area (Å²) in [5.74, 6) is 0.777. The molecule has 0 bridgehead atoms. The molecule has 4 nitrogen and oxygen atoms in total. The van der Waals surface area contributed by atoms with Crippen LogP contribution in [0.15, 0.2) is 51.8 Å². The predicted molar refractivity (Wildman–Crippen MR) is 85.6 cm³/mol. The van der Waals surface area contributed by atoms with E-state index < -0.39 is 9.84 Å². The third-order valence-corrected chi connectivity index (χ3v) is 5.98. The number of nitrogens with one attached hydrogen (secondary N) is 1. The summed E-state index contributed by atoms with van der Waals surface area (Å²) < 4.78 is 30.4. The Kier molecular flexibility index (Phi) is 3.67. The zero-order valence-corrected chi connectivity index (χ0v) is 13.7. The van der Waals surface area contributed by atoms with Crippen LogP contribution in [0.5, 0.6) is 5.75 Å². The fourth-order valence-electron chi connectivity index (χ4n) is 2.52. The summed E-state index contributed by atoms with van der Waals surface area (Å²) in [5.41, 5.74) is 1.64. The zero-order chi connectivity index (χ0) is 15.0. The van der Waals surface area contributed by atoms with Gasteiger partial charge in [0.05, 0.1) is 28.3 Å². The van der Waals surface area contributed by atoms with E-state index in [1.54, 1.807) is 19.2 Å². The van der Waals surface area contributed by atoms with Crippen molar-refractivity contribution in [1.29, 1.82) is 0 Å². The molecule has 1 atom stereocenters. The predicted octanol–water partition coefficient (Wildman–Crippen LogP) is 3.40. The van der Waals surface area contributed by atoms with Crippen molar-refractivity contribution in [1.82, 2.24) is 0 Å². The summed E-state index contributed by atoms with van der Waals surface area (Å²) >= 11 is 3.40. The van der Waals surface area contributed by atoms with Crippen molar-refractivity contribution in [2.45, 2.75) is 10.9 Å². The van der Waals surface area contributed by atoms with Gasteiger partial charge in [0, 0.05) is 11.8 Å². The van der Waals surface area contributed by atoms with E-state index in [2.05, 4.69) is 21.2 Å². The van der Waals surface area contributed by atoms with Crippen molar-refractivity contribution in [3.63, 3.8) is 0 Å². The first kappa shape index (κ1) is 14.4. The molecule has 1 N–H and O–H groups in total. The summed E-state index contributed by atoms with van der Waals surface area (Å²) in [6.45, 7) is 0. The molecule has 1 heterocycles. The largest absolute Gasteiger partial charge is 0.495 e. The average Bonchev–Trinajstić information content (AvgIpc) is 2.73. The number of fused-ring (bicyclic) bond motifs is 1. The van der Waals surface area contributed by atoms with E-state index >= 15 is 0 Å². The first-order valence-electron chi connectivity index (χ1n) is 6.43. The van der Waals surface area contributed by atoms with Crippen LogP contribution in [-0.2, 0) is 9.84 Å². The molecule has 0 amide bonds. The summed E-state index contributed by atoms with van der Waals surface area (Å²) in [6.07, 6.45) is 0. The molecule has 0 aromatic heterocycles. The number of hydrogen-bond donors (Lipinski definition) is 1. The van der Waals surface area contributed by atoms with E-state index in [1.807, 2.05) is 30.3 Å². The molecule has 3 rings (SSSR count). The van der Waals surface area contributed by atoms with E-state index in [0.717, 1.165) is 15.7 Å². The number of benzene rings is 2. The molecule has 6 heteroatoms. The fraction of sp³-hybridized carbons (Fsp3) is 0.200.